The van der Waals surface area contributed by atoms with Crippen LogP contribution in [0, 0.1) is 0 Å². The number of ether oxygens (including phenoxy) is 3. The van der Waals surface area contributed by atoms with E-state index in [9.17, 15) is 9.59 Å². The minimum Gasteiger partial charge on any atom is -0.497 e. The van der Waals surface area contributed by atoms with Crippen molar-refractivity contribution in [3.05, 3.63) is 77.9 Å². The van der Waals surface area contributed by atoms with Crippen molar-refractivity contribution in [1.29, 1.82) is 0 Å². The van der Waals surface area contributed by atoms with Crippen molar-refractivity contribution in [2.45, 2.75) is 32.9 Å². The number of alkyl halides is 6. The van der Waals surface area contributed by atoms with Gasteiger partial charge in [0.15, 0.2) is 0 Å². The Bertz CT molecular complexity index is 1040. The Labute approximate surface area is 251 Å². The minimum atomic E-state index is -2.26. The third-order valence-corrected chi connectivity index (χ3v) is 5.99. The number of amides is 2. The van der Waals surface area contributed by atoms with Crippen molar-refractivity contribution in [2.24, 2.45) is 0 Å². The maximum absolute atomic E-state index is 12.5. The van der Waals surface area contributed by atoms with Crippen LogP contribution in [0.5, 0.6) is 5.75 Å². The van der Waals surface area contributed by atoms with Gasteiger partial charge in [0.1, 0.15) is 5.75 Å². The SMILES string of the molecule is COc1ccc(COC/C=C/[C@H](NC(=O)C(Cl)(Cl)Cl)[C@H](COCc2ccccc2)NC(=O)C(Cl)(Cl)Cl)cc1. The second-order valence-electron chi connectivity index (χ2n) is 7.87. The lowest BCUT2D eigenvalue weighted by Crippen LogP contribution is -2.56. The van der Waals surface area contributed by atoms with E-state index in [0.717, 1.165) is 16.9 Å². The average molecular weight is 647 g/mol. The van der Waals surface area contributed by atoms with Crippen LogP contribution in [0.25, 0.3) is 0 Å². The van der Waals surface area contributed by atoms with Gasteiger partial charge >= 0.3 is 0 Å². The molecule has 2 rings (SSSR count). The molecule has 208 valence electrons. The summed E-state index contributed by atoms with van der Waals surface area (Å²) in [5.74, 6) is -1.11. The van der Waals surface area contributed by atoms with E-state index in [4.69, 9.17) is 83.8 Å². The van der Waals surface area contributed by atoms with E-state index in [1.54, 1.807) is 19.3 Å². The molecule has 2 aromatic rings. The largest absolute Gasteiger partial charge is 0.497 e. The Morgan fingerprint density at radius 1 is 0.816 bits per heavy atom. The molecule has 0 aliphatic heterocycles. The Hall–Kier alpha value is -1.42. The molecular formula is C25H26Cl6N2O5. The zero-order valence-electron chi connectivity index (χ0n) is 20.1. The zero-order valence-corrected chi connectivity index (χ0v) is 24.7. The molecular weight excluding hydrogens is 621 g/mol. The lowest BCUT2D eigenvalue weighted by Gasteiger charge is -2.29. The Morgan fingerprint density at radius 3 is 1.95 bits per heavy atom. The molecule has 0 aliphatic rings. The van der Waals surface area contributed by atoms with Crippen LogP contribution in [0.2, 0.25) is 0 Å². The van der Waals surface area contributed by atoms with Crippen LogP contribution in [0.3, 0.4) is 0 Å². The summed E-state index contributed by atoms with van der Waals surface area (Å²) in [5, 5.41) is 5.14. The molecule has 2 N–H and O–H groups in total. The highest BCUT2D eigenvalue weighted by atomic mass is 35.6. The average Bonchev–Trinajstić information content (AvgIpc) is 2.87. The molecule has 0 aliphatic carbocycles. The Morgan fingerprint density at radius 2 is 1.37 bits per heavy atom. The standard InChI is InChI=1S/C25H26Cl6N2O5/c1-36-19-11-9-18(10-12-19)14-37-13-5-8-20(32-22(34)24(26,27)28)21(33-23(35)25(29,30)31)16-38-15-17-6-3-2-4-7-17/h2-12,20-21H,13-16H2,1H3,(H,32,34)(H,33,35)/b8-5+/t20-,21-/m0/s1. The van der Waals surface area contributed by atoms with Crippen molar-refractivity contribution in [2.75, 3.05) is 20.3 Å². The highest BCUT2D eigenvalue weighted by molar-refractivity contribution is 6.76. The molecule has 0 radical (unpaired) electrons. The third kappa shape index (κ3) is 12.2. The smallest absolute Gasteiger partial charge is 0.272 e. The number of rotatable bonds is 13. The fourth-order valence-electron chi connectivity index (χ4n) is 3.05. The number of carbonyl (C=O) groups excluding carboxylic acids is 2. The lowest BCUT2D eigenvalue weighted by atomic mass is 10.1. The van der Waals surface area contributed by atoms with E-state index in [0.29, 0.717) is 6.61 Å². The third-order valence-electron chi connectivity index (χ3n) is 4.96. The minimum absolute atomic E-state index is 0.0801. The van der Waals surface area contributed by atoms with Crippen LogP contribution in [-0.4, -0.2) is 51.8 Å². The summed E-state index contributed by atoms with van der Waals surface area (Å²) in [6.07, 6.45) is 3.20. The number of nitrogens with one attached hydrogen (secondary N) is 2. The molecule has 0 saturated carbocycles. The van der Waals surface area contributed by atoms with Crippen molar-refractivity contribution >= 4 is 81.4 Å². The van der Waals surface area contributed by atoms with Gasteiger partial charge in [0.25, 0.3) is 19.4 Å². The summed E-state index contributed by atoms with van der Waals surface area (Å²) in [6, 6.07) is 14.9. The van der Waals surface area contributed by atoms with Crippen molar-refractivity contribution in [1.82, 2.24) is 10.6 Å². The van der Waals surface area contributed by atoms with Gasteiger partial charge in [0, 0.05) is 0 Å². The first-order chi connectivity index (χ1) is 17.9. The summed E-state index contributed by atoms with van der Waals surface area (Å²) in [7, 11) is 1.59. The topological polar surface area (TPSA) is 85.9 Å². The van der Waals surface area contributed by atoms with Gasteiger partial charge in [-0.15, -0.1) is 0 Å². The highest BCUT2D eigenvalue weighted by Gasteiger charge is 2.37. The number of benzene rings is 2. The number of hydrogen-bond acceptors (Lipinski definition) is 5. The monoisotopic (exact) mass is 644 g/mol. The van der Waals surface area contributed by atoms with Crippen molar-refractivity contribution in [3.63, 3.8) is 0 Å². The molecule has 0 fully saturated rings. The summed E-state index contributed by atoms with van der Waals surface area (Å²) >= 11 is 34.5. The van der Waals surface area contributed by atoms with Crippen LogP contribution in [0.15, 0.2) is 66.7 Å². The van der Waals surface area contributed by atoms with Gasteiger partial charge < -0.3 is 24.8 Å². The fraction of sp³-hybridized carbons (Fsp3) is 0.360. The highest BCUT2D eigenvalue weighted by Crippen LogP contribution is 2.27. The number of hydrogen-bond donors (Lipinski definition) is 2. The molecule has 0 heterocycles. The van der Waals surface area contributed by atoms with Crippen LogP contribution < -0.4 is 15.4 Å². The first-order valence-corrected chi connectivity index (χ1v) is 13.4. The second kappa shape index (κ2) is 16.0. The normalized spacial score (nSPS) is 13.7. The predicted molar refractivity (Wildman–Crippen MR) is 152 cm³/mol. The van der Waals surface area contributed by atoms with Crippen LogP contribution >= 0.6 is 69.6 Å². The van der Waals surface area contributed by atoms with Crippen LogP contribution in [0.4, 0.5) is 0 Å². The van der Waals surface area contributed by atoms with Gasteiger partial charge in [0.05, 0.1) is 45.6 Å². The van der Waals surface area contributed by atoms with Crippen LogP contribution in [0.1, 0.15) is 11.1 Å². The van der Waals surface area contributed by atoms with Crippen LogP contribution in [-0.2, 0) is 32.3 Å². The van der Waals surface area contributed by atoms with Gasteiger partial charge in [-0.3, -0.25) is 9.59 Å². The number of methoxy groups -OCH3 is 1. The van der Waals surface area contributed by atoms with E-state index >= 15 is 0 Å². The number of carbonyl (C=O) groups is 2. The molecule has 2 atom stereocenters. The molecule has 2 aromatic carbocycles. The second-order valence-corrected chi connectivity index (χ2v) is 12.4. The summed E-state index contributed by atoms with van der Waals surface area (Å²) < 4.78 is 12.1. The lowest BCUT2D eigenvalue weighted by molar-refractivity contribution is -0.123. The Balaban J connectivity index is 2.13. The molecule has 0 saturated heterocycles. The maximum atomic E-state index is 12.5. The van der Waals surface area contributed by atoms with Crippen molar-refractivity contribution in [3.8, 4) is 5.75 Å². The van der Waals surface area contributed by atoms with Gasteiger partial charge in [-0.1, -0.05) is 124 Å². The maximum Gasteiger partial charge on any atom is 0.272 e. The molecule has 0 spiro atoms. The molecule has 2 amide bonds. The van der Waals surface area contributed by atoms with Crippen molar-refractivity contribution < 1.29 is 23.8 Å². The van der Waals surface area contributed by atoms with Gasteiger partial charge in [-0.25, -0.2) is 0 Å². The van der Waals surface area contributed by atoms with E-state index in [1.165, 1.54) is 0 Å². The first-order valence-electron chi connectivity index (χ1n) is 11.1. The molecule has 0 aromatic heterocycles. The van der Waals surface area contributed by atoms with Gasteiger partial charge in [-0.2, -0.15) is 0 Å². The first kappa shape index (κ1) is 32.8. The van der Waals surface area contributed by atoms with E-state index in [1.807, 2.05) is 54.6 Å². The molecule has 7 nitrogen and oxygen atoms in total. The van der Waals surface area contributed by atoms with E-state index in [-0.39, 0.29) is 19.8 Å². The molecule has 38 heavy (non-hydrogen) atoms. The van der Waals surface area contributed by atoms with Gasteiger partial charge in [-0.05, 0) is 23.3 Å². The van der Waals surface area contributed by atoms with Gasteiger partial charge in [0.2, 0.25) is 0 Å². The van der Waals surface area contributed by atoms with E-state index in [2.05, 4.69) is 10.6 Å². The summed E-state index contributed by atoms with van der Waals surface area (Å²) in [5.41, 5.74) is 1.82. The zero-order chi connectivity index (χ0) is 28.2. The molecule has 0 unspecified atom stereocenters. The van der Waals surface area contributed by atoms with E-state index < -0.39 is 31.5 Å². The molecule has 0 bridgehead atoms. The predicted octanol–water partition coefficient (Wildman–Crippen LogP) is 5.69. The summed E-state index contributed by atoms with van der Waals surface area (Å²) in [4.78, 5) is 24.9. The fourth-order valence-corrected chi connectivity index (χ4v) is 3.38. The quantitative estimate of drug-likeness (QED) is 0.166. The summed E-state index contributed by atoms with van der Waals surface area (Å²) in [6.45, 7) is 0.638. The number of halogens is 6. The molecule has 13 heteroatoms. The Kier molecular flexibility index (Phi) is 13.8.